The molecule has 0 aliphatic carbocycles. The predicted octanol–water partition coefficient (Wildman–Crippen LogP) is 3.10. The van der Waals surface area contributed by atoms with E-state index in [1.165, 1.54) is 0 Å². The van der Waals surface area contributed by atoms with E-state index in [1.807, 2.05) is 34.1 Å². The van der Waals surface area contributed by atoms with Gasteiger partial charge in [-0.15, -0.1) is 0 Å². The Morgan fingerprint density at radius 1 is 1.26 bits per heavy atom. The molecule has 0 aliphatic heterocycles. The van der Waals surface area contributed by atoms with E-state index < -0.39 is 0 Å². The highest BCUT2D eigenvalue weighted by Gasteiger charge is 2.16. The zero-order chi connectivity index (χ0) is 15.0. The van der Waals surface area contributed by atoms with E-state index in [0.717, 1.165) is 23.5 Å². The van der Waals surface area contributed by atoms with Crippen molar-refractivity contribution in [3.63, 3.8) is 0 Å². The summed E-state index contributed by atoms with van der Waals surface area (Å²) in [5, 5.41) is 0. The van der Waals surface area contributed by atoms with Gasteiger partial charge in [0.2, 0.25) is 0 Å². The second-order valence-electron chi connectivity index (χ2n) is 4.95. The molecule has 0 aromatic heterocycles. The third-order valence-electron chi connectivity index (χ3n) is 2.82. The second kappa shape index (κ2) is 8.48. The summed E-state index contributed by atoms with van der Waals surface area (Å²) >= 11 is 0. The van der Waals surface area contributed by atoms with Gasteiger partial charge in [0.25, 0.3) is 0 Å². The maximum Gasteiger partial charge on any atom is 0.118 e. The topological polar surface area (TPSA) is 18.8 Å². The van der Waals surface area contributed by atoms with E-state index in [2.05, 4.69) is 47.5 Å². The minimum Gasteiger partial charge on any atom is -0.355 e. The molecular weight excluding hydrogens is 234 g/mol. The average molecular weight is 261 g/mol. The number of allylic oxidation sites excluding steroid dienone is 2. The number of likely N-dealkylation sites (N-methyl/N-ethyl adjacent to an activating group) is 2. The van der Waals surface area contributed by atoms with E-state index in [4.69, 9.17) is 0 Å². The first kappa shape index (κ1) is 17.4. The molecule has 0 rings (SSSR count). The molecule has 0 saturated carbocycles. The molecule has 106 valence electrons. The van der Waals surface area contributed by atoms with Crippen LogP contribution in [-0.2, 0) is 0 Å². The molecule has 0 fully saturated rings. The highest BCUT2D eigenvalue weighted by Crippen LogP contribution is 2.13. The van der Waals surface area contributed by atoms with Gasteiger partial charge in [0, 0.05) is 13.2 Å². The SMILES string of the molecule is C=CN=C(CN(C)C)N(C)C(C)/C(C=C)=C/C(=C)C. The fourth-order valence-electron chi connectivity index (χ4n) is 1.71. The van der Waals surface area contributed by atoms with Gasteiger partial charge >= 0.3 is 0 Å². The molecule has 0 spiro atoms. The van der Waals surface area contributed by atoms with Crippen LogP contribution in [-0.4, -0.2) is 49.4 Å². The Morgan fingerprint density at radius 3 is 2.21 bits per heavy atom. The number of amidine groups is 1. The van der Waals surface area contributed by atoms with Crippen LogP contribution in [0.15, 0.2) is 54.2 Å². The highest BCUT2D eigenvalue weighted by molar-refractivity contribution is 5.85. The van der Waals surface area contributed by atoms with Crippen molar-refractivity contribution in [1.29, 1.82) is 0 Å². The van der Waals surface area contributed by atoms with Gasteiger partial charge in [0.1, 0.15) is 5.84 Å². The standard InChI is InChI=1S/C16H27N3/c1-9-15(11-13(3)4)14(5)19(8)16(17-10-2)12-18(6)7/h9-11,14H,1-3,12H2,4-8H3/b15-11+,17-16?. The van der Waals surface area contributed by atoms with Crippen LogP contribution >= 0.6 is 0 Å². The number of aliphatic imine (C=N–C) groups is 1. The molecule has 0 N–H and O–H groups in total. The molecule has 0 aromatic rings. The summed E-state index contributed by atoms with van der Waals surface area (Å²) in [6.07, 6.45) is 5.50. The normalized spacial score (nSPS) is 14.2. The maximum atomic E-state index is 4.36. The van der Waals surface area contributed by atoms with Gasteiger partial charge in [-0.2, -0.15) is 0 Å². The van der Waals surface area contributed by atoms with Crippen molar-refractivity contribution in [2.24, 2.45) is 4.99 Å². The van der Waals surface area contributed by atoms with E-state index in [1.54, 1.807) is 6.20 Å². The van der Waals surface area contributed by atoms with Crippen LogP contribution in [0.25, 0.3) is 0 Å². The lowest BCUT2D eigenvalue weighted by Gasteiger charge is -2.30. The zero-order valence-electron chi connectivity index (χ0n) is 13.0. The predicted molar refractivity (Wildman–Crippen MR) is 86.5 cm³/mol. The van der Waals surface area contributed by atoms with E-state index in [-0.39, 0.29) is 6.04 Å². The molecule has 3 heteroatoms. The summed E-state index contributed by atoms with van der Waals surface area (Å²) in [4.78, 5) is 8.58. The van der Waals surface area contributed by atoms with Crippen molar-refractivity contribution in [2.75, 3.05) is 27.7 Å². The van der Waals surface area contributed by atoms with Crippen molar-refractivity contribution < 1.29 is 0 Å². The van der Waals surface area contributed by atoms with E-state index >= 15 is 0 Å². The molecule has 0 aliphatic rings. The molecule has 0 radical (unpaired) electrons. The molecule has 1 unspecified atom stereocenters. The lowest BCUT2D eigenvalue weighted by atomic mass is 10.0. The van der Waals surface area contributed by atoms with Gasteiger partial charge in [-0.25, -0.2) is 4.99 Å². The Balaban J connectivity index is 5.18. The largest absolute Gasteiger partial charge is 0.355 e. The van der Waals surface area contributed by atoms with Gasteiger partial charge in [0.05, 0.1) is 12.6 Å². The van der Waals surface area contributed by atoms with Crippen molar-refractivity contribution in [3.8, 4) is 0 Å². The number of nitrogens with zero attached hydrogens (tertiary/aromatic N) is 3. The van der Waals surface area contributed by atoms with E-state index in [0.29, 0.717) is 0 Å². The molecule has 3 nitrogen and oxygen atoms in total. The molecule has 0 heterocycles. The van der Waals surface area contributed by atoms with Crippen LogP contribution in [0.4, 0.5) is 0 Å². The van der Waals surface area contributed by atoms with Gasteiger partial charge in [0.15, 0.2) is 0 Å². The van der Waals surface area contributed by atoms with Gasteiger partial charge in [-0.1, -0.05) is 37.5 Å². The first-order valence-corrected chi connectivity index (χ1v) is 6.38. The maximum absolute atomic E-state index is 4.36. The van der Waals surface area contributed by atoms with Crippen LogP contribution in [0.1, 0.15) is 13.8 Å². The van der Waals surface area contributed by atoms with Crippen LogP contribution in [0.5, 0.6) is 0 Å². The highest BCUT2D eigenvalue weighted by atomic mass is 15.2. The minimum atomic E-state index is 0.188. The molecule has 0 amide bonds. The van der Waals surface area contributed by atoms with Crippen molar-refractivity contribution >= 4 is 5.84 Å². The zero-order valence-corrected chi connectivity index (χ0v) is 13.0. The summed E-state index contributed by atoms with van der Waals surface area (Å²) in [6.45, 7) is 16.4. The van der Waals surface area contributed by atoms with E-state index in [9.17, 15) is 0 Å². The Morgan fingerprint density at radius 2 is 1.84 bits per heavy atom. The number of rotatable bonds is 7. The summed E-state index contributed by atoms with van der Waals surface area (Å²) in [6, 6.07) is 0.188. The van der Waals surface area contributed by atoms with Crippen molar-refractivity contribution in [1.82, 2.24) is 9.80 Å². The molecule has 19 heavy (non-hydrogen) atoms. The molecule has 1 atom stereocenters. The fraction of sp³-hybridized carbons (Fsp3) is 0.438. The molecule has 0 aromatic carbocycles. The Labute approximate surface area is 118 Å². The van der Waals surface area contributed by atoms with Crippen LogP contribution < -0.4 is 0 Å². The lowest BCUT2D eigenvalue weighted by Crippen LogP contribution is -2.41. The van der Waals surface area contributed by atoms with Gasteiger partial charge < -0.3 is 9.80 Å². The first-order chi connectivity index (χ1) is 8.83. The average Bonchev–Trinajstić information content (AvgIpc) is 2.32. The summed E-state index contributed by atoms with van der Waals surface area (Å²) < 4.78 is 0. The summed E-state index contributed by atoms with van der Waals surface area (Å²) in [7, 11) is 6.08. The monoisotopic (exact) mass is 261 g/mol. The molecule has 0 bridgehead atoms. The van der Waals surface area contributed by atoms with Gasteiger partial charge in [-0.05, 0) is 33.5 Å². The smallest absolute Gasteiger partial charge is 0.118 e. The summed E-state index contributed by atoms with van der Waals surface area (Å²) in [5.41, 5.74) is 2.15. The quantitative estimate of drug-likeness (QED) is 0.398. The lowest BCUT2D eigenvalue weighted by molar-refractivity contribution is 0.393. The molecule has 0 saturated heterocycles. The number of hydrogen-bond donors (Lipinski definition) is 0. The Kier molecular flexibility index (Phi) is 7.77. The minimum absolute atomic E-state index is 0.188. The Hall–Kier alpha value is -1.61. The van der Waals surface area contributed by atoms with Crippen LogP contribution in [0.2, 0.25) is 0 Å². The van der Waals surface area contributed by atoms with Crippen molar-refractivity contribution in [2.45, 2.75) is 19.9 Å². The fourth-order valence-corrected chi connectivity index (χ4v) is 1.71. The number of hydrogen-bond acceptors (Lipinski definition) is 2. The van der Waals surface area contributed by atoms with Gasteiger partial charge in [-0.3, -0.25) is 0 Å². The molecular formula is C16H27N3. The Bertz CT molecular complexity index is 389. The third-order valence-corrected chi connectivity index (χ3v) is 2.82. The second-order valence-corrected chi connectivity index (χ2v) is 4.95. The van der Waals surface area contributed by atoms with Crippen molar-refractivity contribution in [3.05, 3.63) is 49.2 Å². The third kappa shape index (κ3) is 6.20. The summed E-state index contributed by atoms with van der Waals surface area (Å²) in [5.74, 6) is 0.974. The van der Waals surface area contributed by atoms with Crippen LogP contribution in [0.3, 0.4) is 0 Å². The first-order valence-electron chi connectivity index (χ1n) is 6.38. The van der Waals surface area contributed by atoms with Crippen LogP contribution in [0, 0.1) is 0 Å².